The molecule has 0 aliphatic heterocycles. The summed E-state index contributed by atoms with van der Waals surface area (Å²) in [6, 6.07) is 5.26. The van der Waals surface area contributed by atoms with E-state index >= 15 is 0 Å². The molecule has 0 radical (unpaired) electrons. The van der Waals surface area contributed by atoms with Crippen LogP contribution in [0.4, 0.5) is 5.69 Å². The lowest BCUT2D eigenvalue weighted by molar-refractivity contribution is 0.483. The Morgan fingerprint density at radius 1 is 1.38 bits per heavy atom. The number of benzene rings is 1. The Labute approximate surface area is 105 Å². The van der Waals surface area contributed by atoms with Crippen molar-refractivity contribution in [2.45, 2.75) is 6.42 Å². The molecule has 2 N–H and O–H groups in total. The predicted molar refractivity (Wildman–Crippen MR) is 70.2 cm³/mol. The van der Waals surface area contributed by atoms with Crippen LogP contribution in [0.5, 0.6) is 0 Å². The van der Waals surface area contributed by atoms with Crippen LogP contribution >= 0.6 is 30.6 Å². The first kappa shape index (κ1) is 13.9. The normalized spacial score (nSPS) is 14.5. The van der Waals surface area contributed by atoms with E-state index in [0.29, 0.717) is 29.2 Å². The summed E-state index contributed by atoms with van der Waals surface area (Å²) in [5.74, 6) is 0. The van der Waals surface area contributed by atoms with Gasteiger partial charge in [-0.15, -0.1) is 0 Å². The van der Waals surface area contributed by atoms with Crippen molar-refractivity contribution in [2.75, 3.05) is 24.7 Å². The number of anilines is 1. The Morgan fingerprint density at radius 3 is 2.62 bits per heavy atom. The van der Waals surface area contributed by atoms with E-state index in [1.807, 2.05) is 6.07 Å². The van der Waals surface area contributed by atoms with Gasteiger partial charge in [0, 0.05) is 25.1 Å². The topological polar surface area (TPSA) is 49.3 Å². The number of halogens is 2. The Balaban J connectivity index is 2.38. The lowest BCUT2D eigenvalue weighted by Crippen LogP contribution is -2.03. The smallest absolute Gasteiger partial charge is 0.197 e. The summed E-state index contributed by atoms with van der Waals surface area (Å²) in [4.78, 5) is 9.08. The lowest BCUT2D eigenvalue weighted by atomic mass is 10.3. The summed E-state index contributed by atoms with van der Waals surface area (Å²) >= 11 is 11.6. The van der Waals surface area contributed by atoms with Gasteiger partial charge in [0.05, 0.1) is 10.0 Å². The average Bonchev–Trinajstić information content (AvgIpc) is 2.17. The van der Waals surface area contributed by atoms with E-state index in [0.717, 1.165) is 5.69 Å². The quantitative estimate of drug-likeness (QED) is 0.639. The molecule has 1 unspecified atom stereocenters. The van der Waals surface area contributed by atoms with E-state index in [-0.39, 0.29) is 0 Å². The van der Waals surface area contributed by atoms with Crippen molar-refractivity contribution in [1.82, 2.24) is 0 Å². The Bertz CT molecular complexity index is 406. The SMILES string of the molecule is CP(=O)(O)CCCNc1ccc(Cl)c(Cl)c1. The van der Waals surface area contributed by atoms with Crippen LogP contribution in [-0.4, -0.2) is 24.3 Å². The van der Waals surface area contributed by atoms with Crippen molar-refractivity contribution in [1.29, 1.82) is 0 Å². The highest BCUT2D eigenvalue weighted by Gasteiger charge is 2.08. The Kier molecular flexibility index (Phi) is 5.13. The van der Waals surface area contributed by atoms with Gasteiger partial charge >= 0.3 is 0 Å². The van der Waals surface area contributed by atoms with E-state index in [2.05, 4.69) is 5.32 Å². The van der Waals surface area contributed by atoms with Crippen molar-refractivity contribution in [3.8, 4) is 0 Å². The first-order valence-corrected chi connectivity index (χ1v) is 7.91. The molecule has 90 valence electrons. The standard InChI is InChI=1S/C10H14Cl2NO2P/c1-16(14,15)6-2-5-13-8-3-4-9(11)10(12)7-8/h3-4,7,13H,2,5-6H2,1H3,(H,14,15). The molecule has 0 saturated carbocycles. The van der Waals surface area contributed by atoms with E-state index < -0.39 is 7.37 Å². The van der Waals surface area contributed by atoms with E-state index in [1.54, 1.807) is 12.1 Å². The highest BCUT2D eigenvalue weighted by atomic mass is 35.5. The summed E-state index contributed by atoms with van der Waals surface area (Å²) in [5.41, 5.74) is 0.860. The predicted octanol–water partition coefficient (Wildman–Crippen LogP) is 3.70. The molecular formula is C10H14Cl2NO2P. The molecule has 0 saturated heterocycles. The largest absolute Gasteiger partial charge is 0.385 e. The number of nitrogens with one attached hydrogen (secondary N) is 1. The van der Waals surface area contributed by atoms with Gasteiger partial charge in [-0.3, -0.25) is 4.57 Å². The number of hydrogen-bond donors (Lipinski definition) is 2. The van der Waals surface area contributed by atoms with Crippen molar-refractivity contribution >= 4 is 36.3 Å². The molecule has 1 aromatic rings. The molecule has 16 heavy (non-hydrogen) atoms. The van der Waals surface area contributed by atoms with Crippen LogP contribution in [0.15, 0.2) is 18.2 Å². The summed E-state index contributed by atoms with van der Waals surface area (Å²) in [6.07, 6.45) is 0.964. The van der Waals surface area contributed by atoms with Crippen molar-refractivity contribution in [2.24, 2.45) is 0 Å². The van der Waals surface area contributed by atoms with Crippen LogP contribution in [-0.2, 0) is 4.57 Å². The van der Waals surface area contributed by atoms with Gasteiger partial charge < -0.3 is 10.2 Å². The second-order valence-electron chi connectivity index (χ2n) is 3.68. The molecule has 1 rings (SSSR count). The zero-order chi connectivity index (χ0) is 12.2. The highest BCUT2D eigenvalue weighted by molar-refractivity contribution is 7.57. The molecule has 0 aliphatic carbocycles. The van der Waals surface area contributed by atoms with Gasteiger partial charge in [-0.05, 0) is 24.6 Å². The maximum absolute atomic E-state index is 11.0. The summed E-state index contributed by atoms with van der Waals surface area (Å²) < 4.78 is 11.0. The summed E-state index contributed by atoms with van der Waals surface area (Å²) in [5, 5.41) is 4.12. The fourth-order valence-electron chi connectivity index (χ4n) is 1.21. The van der Waals surface area contributed by atoms with Crippen LogP contribution in [0, 0.1) is 0 Å². The minimum absolute atomic E-state index is 0.321. The molecular weight excluding hydrogens is 268 g/mol. The fourth-order valence-corrected chi connectivity index (χ4v) is 2.25. The van der Waals surface area contributed by atoms with Gasteiger partial charge in [-0.2, -0.15) is 0 Å². The molecule has 0 bridgehead atoms. The fraction of sp³-hybridized carbons (Fsp3) is 0.400. The van der Waals surface area contributed by atoms with Gasteiger partial charge in [0.15, 0.2) is 7.37 Å². The zero-order valence-corrected chi connectivity index (χ0v) is 11.3. The monoisotopic (exact) mass is 281 g/mol. The number of rotatable bonds is 5. The number of hydrogen-bond acceptors (Lipinski definition) is 2. The zero-order valence-electron chi connectivity index (χ0n) is 8.91. The van der Waals surface area contributed by atoms with Crippen LogP contribution in [0.2, 0.25) is 10.0 Å². The first-order chi connectivity index (χ1) is 7.38. The second kappa shape index (κ2) is 5.92. The van der Waals surface area contributed by atoms with Gasteiger partial charge in [-0.1, -0.05) is 23.2 Å². The lowest BCUT2D eigenvalue weighted by Gasteiger charge is -2.08. The van der Waals surface area contributed by atoms with Gasteiger partial charge in [-0.25, -0.2) is 0 Å². The molecule has 0 fully saturated rings. The molecule has 0 heterocycles. The maximum Gasteiger partial charge on any atom is 0.197 e. The Hall–Kier alpha value is -0.210. The van der Waals surface area contributed by atoms with Crippen LogP contribution in [0.3, 0.4) is 0 Å². The van der Waals surface area contributed by atoms with Crippen molar-refractivity contribution < 1.29 is 9.46 Å². The third-order valence-electron chi connectivity index (χ3n) is 2.00. The minimum atomic E-state index is -2.89. The van der Waals surface area contributed by atoms with Crippen molar-refractivity contribution in [3.63, 3.8) is 0 Å². The van der Waals surface area contributed by atoms with Gasteiger partial charge in [0.25, 0.3) is 0 Å². The van der Waals surface area contributed by atoms with Crippen molar-refractivity contribution in [3.05, 3.63) is 28.2 Å². The molecule has 0 aromatic heterocycles. The van der Waals surface area contributed by atoms with E-state index in [9.17, 15) is 4.57 Å². The maximum atomic E-state index is 11.0. The molecule has 3 nitrogen and oxygen atoms in total. The molecule has 0 aliphatic rings. The molecule has 0 spiro atoms. The third-order valence-corrected chi connectivity index (χ3v) is 3.88. The average molecular weight is 282 g/mol. The molecule has 6 heteroatoms. The van der Waals surface area contributed by atoms with Gasteiger partial charge in [0.1, 0.15) is 0 Å². The molecule has 1 aromatic carbocycles. The minimum Gasteiger partial charge on any atom is -0.385 e. The van der Waals surface area contributed by atoms with Gasteiger partial charge in [0.2, 0.25) is 0 Å². The summed E-state index contributed by atoms with van der Waals surface area (Å²) in [6.45, 7) is 2.00. The Morgan fingerprint density at radius 2 is 2.06 bits per heavy atom. The highest BCUT2D eigenvalue weighted by Crippen LogP contribution is 2.35. The van der Waals surface area contributed by atoms with Crippen LogP contribution in [0.25, 0.3) is 0 Å². The third kappa shape index (κ3) is 5.22. The second-order valence-corrected chi connectivity index (χ2v) is 7.05. The molecule has 0 amide bonds. The molecule has 1 atom stereocenters. The van der Waals surface area contributed by atoms with E-state index in [4.69, 9.17) is 28.1 Å². The van der Waals surface area contributed by atoms with E-state index in [1.165, 1.54) is 6.66 Å². The summed E-state index contributed by atoms with van der Waals surface area (Å²) in [7, 11) is -2.89. The first-order valence-electron chi connectivity index (χ1n) is 4.87. The van der Waals surface area contributed by atoms with Crippen LogP contribution in [0.1, 0.15) is 6.42 Å². The van der Waals surface area contributed by atoms with Crippen LogP contribution < -0.4 is 5.32 Å².